The monoisotopic (exact) mass is 266 g/mol. The third-order valence-electron chi connectivity index (χ3n) is 2.01. The molecular weight excluding hydrogens is 236 g/mol. The first kappa shape index (κ1) is 20.1. The summed E-state index contributed by atoms with van der Waals surface area (Å²) in [6.07, 6.45) is 3.90. The Morgan fingerprint density at radius 2 is 1.28 bits per heavy atom. The highest BCUT2D eigenvalue weighted by Gasteiger charge is 2.10. The van der Waals surface area contributed by atoms with Gasteiger partial charge in [-0.2, -0.15) is 0 Å². The van der Waals surface area contributed by atoms with Crippen molar-refractivity contribution in [1.82, 2.24) is 0 Å². The number of hydrogen-bond acceptors (Lipinski definition) is 5. The fourth-order valence-electron chi connectivity index (χ4n) is 0.889. The van der Waals surface area contributed by atoms with E-state index in [9.17, 15) is 0 Å². The minimum atomic E-state index is -1.00. The summed E-state index contributed by atoms with van der Waals surface area (Å²) in [5.41, 5.74) is 0. The predicted octanol–water partition coefficient (Wildman–Crippen LogP) is 1.65. The first-order valence-corrected chi connectivity index (χ1v) is 6.37. The molecule has 5 heteroatoms. The van der Waals surface area contributed by atoms with Gasteiger partial charge >= 0.3 is 0 Å². The van der Waals surface area contributed by atoms with E-state index in [4.69, 9.17) is 20.1 Å². The molecule has 18 heavy (non-hydrogen) atoms. The van der Waals surface area contributed by atoms with Gasteiger partial charge in [0.15, 0.2) is 11.6 Å². The average molecular weight is 266 g/mol. The van der Waals surface area contributed by atoms with Crippen LogP contribution in [0.4, 0.5) is 0 Å². The average Bonchev–Trinajstić information content (AvgIpc) is 2.22. The van der Waals surface area contributed by atoms with Crippen LogP contribution in [0.15, 0.2) is 0 Å². The zero-order valence-corrected chi connectivity index (χ0v) is 12.4. The minimum Gasteiger partial charge on any atom is -0.396 e. The van der Waals surface area contributed by atoms with Crippen LogP contribution in [-0.4, -0.2) is 47.2 Å². The smallest absolute Gasteiger partial charge is 0.159 e. The van der Waals surface area contributed by atoms with E-state index < -0.39 is 11.6 Å². The fourth-order valence-corrected chi connectivity index (χ4v) is 0.889. The minimum absolute atomic E-state index is 0.270. The molecule has 0 rings (SSSR count). The lowest BCUT2D eigenvalue weighted by Gasteiger charge is -2.17. The van der Waals surface area contributed by atoms with Crippen LogP contribution >= 0.6 is 0 Å². The number of aliphatic hydroxyl groups excluding tert-OH is 1. The summed E-state index contributed by atoms with van der Waals surface area (Å²) < 4.78 is 9.60. The summed E-state index contributed by atoms with van der Waals surface area (Å²) in [4.78, 5) is 0. The first-order chi connectivity index (χ1) is 8.12. The van der Waals surface area contributed by atoms with E-state index in [0.717, 1.165) is 25.7 Å². The Hall–Kier alpha value is -0.200. The maximum atomic E-state index is 9.16. The molecule has 0 heterocycles. The lowest BCUT2D eigenvalue weighted by molar-refractivity contribution is -0.176. The molecule has 0 aliphatic rings. The van der Waals surface area contributed by atoms with E-state index in [1.807, 2.05) is 0 Å². The molecule has 0 aromatic rings. The van der Waals surface area contributed by atoms with Crippen molar-refractivity contribution >= 4 is 0 Å². The molecule has 0 aliphatic carbocycles. The third kappa shape index (κ3) is 24.9. The molecule has 0 radical (unpaired) electrons. The van der Waals surface area contributed by atoms with Crippen molar-refractivity contribution in [2.75, 3.05) is 20.3 Å². The predicted molar refractivity (Wildman–Crippen MR) is 71.1 cm³/mol. The molecule has 3 N–H and O–H groups in total. The summed E-state index contributed by atoms with van der Waals surface area (Å²) in [6, 6.07) is 0. The number of hydrogen-bond donors (Lipinski definition) is 3. The molecule has 5 nitrogen and oxygen atoms in total. The van der Waals surface area contributed by atoms with Crippen LogP contribution < -0.4 is 0 Å². The van der Waals surface area contributed by atoms with Crippen molar-refractivity contribution in [3.05, 3.63) is 0 Å². The molecular formula is C13H30O5. The van der Waals surface area contributed by atoms with Gasteiger partial charge in [0.2, 0.25) is 0 Å². The van der Waals surface area contributed by atoms with Gasteiger partial charge in [0.05, 0.1) is 0 Å². The summed E-state index contributed by atoms with van der Waals surface area (Å²) in [7, 11) is 1.46. The van der Waals surface area contributed by atoms with Crippen LogP contribution in [0.2, 0.25) is 0 Å². The SMILES string of the molecule is CC(C)(O)OCCCCCCO.COC(C)(C)O. The molecule has 0 spiro atoms. The van der Waals surface area contributed by atoms with Gasteiger partial charge in [0, 0.05) is 20.3 Å². The zero-order chi connectivity index (χ0) is 14.7. The normalized spacial score (nSPS) is 12.0. The van der Waals surface area contributed by atoms with Gasteiger partial charge in [0.25, 0.3) is 0 Å². The van der Waals surface area contributed by atoms with Crippen LogP contribution in [0.1, 0.15) is 53.4 Å². The largest absolute Gasteiger partial charge is 0.396 e. The van der Waals surface area contributed by atoms with Crippen LogP contribution in [-0.2, 0) is 9.47 Å². The molecule has 0 saturated heterocycles. The Kier molecular flexibility index (Phi) is 12.0. The number of unbranched alkanes of at least 4 members (excludes halogenated alkanes) is 3. The summed E-state index contributed by atoms with van der Waals surface area (Å²) in [5, 5.41) is 26.2. The second-order valence-corrected chi connectivity index (χ2v) is 5.08. The molecule has 0 amide bonds. The molecule has 0 aromatic carbocycles. The molecule has 0 bridgehead atoms. The van der Waals surface area contributed by atoms with E-state index >= 15 is 0 Å². The van der Waals surface area contributed by atoms with Crippen molar-refractivity contribution in [3.8, 4) is 0 Å². The molecule has 0 fully saturated rings. The van der Waals surface area contributed by atoms with Crippen LogP contribution in [0, 0.1) is 0 Å². The molecule has 0 aliphatic heterocycles. The summed E-state index contributed by atoms with van der Waals surface area (Å²) >= 11 is 0. The Morgan fingerprint density at radius 3 is 1.61 bits per heavy atom. The highest BCUT2D eigenvalue weighted by atomic mass is 16.6. The topological polar surface area (TPSA) is 79.2 Å². The molecule has 0 aromatic heterocycles. The van der Waals surface area contributed by atoms with E-state index in [2.05, 4.69) is 4.74 Å². The van der Waals surface area contributed by atoms with Crippen molar-refractivity contribution < 1.29 is 24.8 Å². The van der Waals surface area contributed by atoms with E-state index in [0.29, 0.717) is 6.61 Å². The fraction of sp³-hybridized carbons (Fsp3) is 1.00. The quantitative estimate of drug-likeness (QED) is 0.460. The molecule has 0 unspecified atom stereocenters. The van der Waals surface area contributed by atoms with Gasteiger partial charge in [-0.3, -0.25) is 0 Å². The summed E-state index contributed by atoms with van der Waals surface area (Å²) in [6.45, 7) is 7.27. The lowest BCUT2D eigenvalue weighted by Crippen LogP contribution is -2.23. The summed E-state index contributed by atoms with van der Waals surface area (Å²) in [5.74, 6) is -1.96. The first-order valence-electron chi connectivity index (χ1n) is 6.37. The standard InChI is InChI=1S/C9H20O3.C4H10O2/c1-9(2,11)12-8-6-4-3-5-7-10;1-4(2,5)6-3/h10-11H,3-8H2,1-2H3;5H,1-3H3. The maximum Gasteiger partial charge on any atom is 0.159 e. The van der Waals surface area contributed by atoms with Gasteiger partial charge in [-0.1, -0.05) is 12.8 Å². The van der Waals surface area contributed by atoms with Crippen molar-refractivity contribution in [2.45, 2.75) is 65.0 Å². The second-order valence-electron chi connectivity index (χ2n) is 5.08. The Labute approximate surface area is 111 Å². The Morgan fingerprint density at radius 1 is 0.833 bits per heavy atom. The second kappa shape index (κ2) is 10.7. The molecule has 112 valence electrons. The van der Waals surface area contributed by atoms with Crippen molar-refractivity contribution in [3.63, 3.8) is 0 Å². The van der Waals surface area contributed by atoms with E-state index in [1.54, 1.807) is 27.7 Å². The van der Waals surface area contributed by atoms with Crippen LogP contribution in [0.25, 0.3) is 0 Å². The Bertz CT molecular complexity index is 169. The van der Waals surface area contributed by atoms with Gasteiger partial charge in [-0.05, 0) is 40.5 Å². The van der Waals surface area contributed by atoms with Crippen LogP contribution in [0.5, 0.6) is 0 Å². The number of rotatable bonds is 8. The van der Waals surface area contributed by atoms with Gasteiger partial charge < -0.3 is 24.8 Å². The van der Waals surface area contributed by atoms with Gasteiger partial charge in [-0.15, -0.1) is 0 Å². The number of ether oxygens (including phenoxy) is 2. The molecule has 0 atom stereocenters. The maximum absolute atomic E-state index is 9.16. The molecule has 0 saturated carbocycles. The zero-order valence-electron chi connectivity index (χ0n) is 12.4. The number of aliphatic hydroxyl groups is 3. The lowest BCUT2D eigenvalue weighted by atomic mass is 10.2. The van der Waals surface area contributed by atoms with Gasteiger partial charge in [0.1, 0.15) is 0 Å². The third-order valence-corrected chi connectivity index (χ3v) is 2.01. The van der Waals surface area contributed by atoms with Gasteiger partial charge in [-0.25, -0.2) is 0 Å². The highest BCUT2D eigenvalue weighted by molar-refractivity contribution is 4.49. The Balaban J connectivity index is 0. The van der Waals surface area contributed by atoms with Crippen molar-refractivity contribution in [2.24, 2.45) is 0 Å². The van der Waals surface area contributed by atoms with Crippen LogP contribution in [0.3, 0.4) is 0 Å². The van der Waals surface area contributed by atoms with E-state index in [-0.39, 0.29) is 6.61 Å². The highest BCUT2D eigenvalue weighted by Crippen LogP contribution is 2.06. The number of methoxy groups -OCH3 is 1. The van der Waals surface area contributed by atoms with E-state index in [1.165, 1.54) is 7.11 Å². The van der Waals surface area contributed by atoms with Crippen molar-refractivity contribution in [1.29, 1.82) is 0 Å².